The zero-order chi connectivity index (χ0) is 36.5. The minimum absolute atomic E-state index is 0.0511. The molecule has 4 amide bonds. The van der Waals surface area contributed by atoms with Gasteiger partial charge in [-0.15, -0.1) is 0 Å². The van der Waals surface area contributed by atoms with E-state index in [2.05, 4.69) is 16.0 Å². The predicted molar refractivity (Wildman–Crippen MR) is 172 cm³/mol. The van der Waals surface area contributed by atoms with Crippen molar-refractivity contribution in [2.45, 2.75) is 38.2 Å². The number of amides is 4. The fraction of sp³-hybridized carbons (Fsp3) is 0.750. The summed E-state index contributed by atoms with van der Waals surface area (Å²) in [4.78, 5) is 92.1. The van der Waals surface area contributed by atoms with E-state index in [0.717, 1.165) is 0 Å². The molecule has 2 atom stereocenters. The number of hydrogen-bond acceptors (Lipinski definition) is 13. The van der Waals surface area contributed by atoms with Crippen LogP contribution in [0.15, 0.2) is 0 Å². The smallest absolute Gasteiger partial charge is 0.475 e. The molecular formula is C28H49BN8O12. The Kier molecular flexibility index (Phi) is 17.9. The predicted octanol–water partition coefficient (Wildman–Crippen LogP) is -5.41. The van der Waals surface area contributed by atoms with Gasteiger partial charge in [-0.1, -0.05) is 0 Å². The lowest BCUT2D eigenvalue weighted by Crippen LogP contribution is -2.53. The van der Waals surface area contributed by atoms with Gasteiger partial charge in [0, 0.05) is 71.9 Å². The van der Waals surface area contributed by atoms with Gasteiger partial charge in [-0.3, -0.25) is 53.2 Å². The number of carbonyl (C=O) groups is 7. The number of rotatable bonds is 16. The molecule has 2 heterocycles. The Morgan fingerprint density at radius 3 is 1.53 bits per heavy atom. The third kappa shape index (κ3) is 16.4. The fourth-order valence-corrected chi connectivity index (χ4v) is 5.61. The highest BCUT2D eigenvalue weighted by molar-refractivity contribution is 6.43. The minimum atomic E-state index is -1.69. The second-order valence-corrected chi connectivity index (χ2v) is 12.1. The van der Waals surface area contributed by atoms with Gasteiger partial charge in [-0.05, 0) is 19.8 Å². The number of carbonyl (C=O) groups excluding carboxylic acids is 4. The molecule has 20 nitrogen and oxygen atoms in total. The lowest BCUT2D eigenvalue weighted by Gasteiger charge is -2.32. The molecule has 2 aliphatic heterocycles. The maximum absolute atomic E-state index is 12.8. The Morgan fingerprint density at radius 1 is 0.653 bits per heavy atom. The van der Waals surface area contributed by atoms with Crippen molar-refractivity contribution in [1.29, 1.82) is 0 Å². The molecule has 2 rings (SSSR count). The Hall–Kier alpha value is -3.89. The summed E-state index contributed by atoms with van der Waals surface area (Å²) in [6.07, 6.45) is 0.887. The van der Waals surface area contributed by atoms with Crippen LogP contribution in [-0.4, -0.2) is 209 Å². The largest absolute Gasteiger partial charge is 0.480 e. The molecule has 0 unspecified atom stereocenters. The van der Waals surface area contributed by atoms with E-state index in [1.54, 1.807) is 19.6 Å². The molecule has 0 aliphatic carbocycles. The molecule has 0 spiro atoms. The number of aliphatic carboxylic acids is 3. The molecule has 2 aliphatic rings. The number of nitrogens with zero attached hydrogens (tertiary/aromatic N) is 5. The number of carboxylic acid groups (broad SMARTS) is 3. The second-order valence-electron chi connectivity index (χ2n) is 12.1. The van der Waals surface area contributed by atoms with Crippen LogP contribution < -0.4 is 16.0 Å². The highest BCUT2D eigenvalue weighted by atomic mass is 16.4. The summed E-state index contributed by atoms with van der Waals surface area (Å²) < 4.78 is 0. The molecule has 0 radical (unpaired) electrons. The van der Waals surface area contributed by atoms with Gasteiger partial charge >= 0.3 is 25.0 Å². The highest BCUT2D eigenvalue weighted by Gasteiger charge is 2.38. The quantitative estimate of drug-likeness (QED) is 0.0698. The van der Waals surface area contributed by atoms with Crippen LogP contribution >= 0.6 is 0 Å². The van der Waals surface area contributed by atoms with Gasteiger partial charge < -0.3 is 46.2 Å². The van der Waals surface area contributed by atoms with E-state index in [1.165, 1.54) is 11.8 Å². The van der Waals surface area contributed by atoms with Crippen LogP contribution in [0, 0.1) is 0 Å². The van der Waals surface area contributed by atoms with Crippen molar-refractivity contribution in [2.24, 2.45) is 0 Å². The van der Waals surface area contributed by atoms with Crippen LogP contribution in [0.3, 0.4) is 0 Å². The van der Waals surface area contributed by atoms with Gasteiger partial charge in [0.05, 0.1) is 38.7 Å². The number of hydrogen-bond donors (Lipinski definition) is 8. The van der Waals surface area contributed by atoms with Gasteiger partial charge in [0.2, 0.25) is 23.6 Å². The number of nitrogens with one attached hydrogen (secondary N) is 3. The Bertz CT molecular complexity index is 1130. The van der Waals surface area contributed by atoms with Crippen molar-refractivity contribution in [2.75, 3.05) is 98.2 Å². The third-order valence-corrected chi connectivity index (χ3v) is 8.17. The summed E-state index contributed by atoms with van der Waals surface area (Å²) >= 11 is 0. The van der Waals surface area contributed by atoms with E-state index in [4.69, 9.17) is 0 Å². The molecule has 2 fully saturated rings. The molecule has 0 aromatic carbocycles. The summed E-state index contributed by atoms with van der Waals surface area (Å²) in [6, 6.07) is -0.951. The van der Waals surface area contributed by atoms with Crippen LogP contribution in [0.4, 0.5) is 0 Å². The first-order chi connectivity index (χ1) is 23.1. The zero-order valence-electron chi connectivity index (χ0n) is 27.8. The summed E-state index contributed by atoms with van der Waals surface area (Å²) in [6.45, 7) is 2.34. The maximum Gasteiger partial charge on any atom is 0.475 e. The molecule has 21 heteroatoms. The van der Waals surface area contributed by atoms with Crippen LogP contribution in [0.25, 0.3) is 0 Å². The summed E-state index contributed by atoms with van der Waals surface area (Å²) in [7, 11) is -1.69. The molecule has 276 valence electrons. The van der Waals surface area contributed by atoms with Crippen LogP contribution in [0.5, 0.6) is 0 Å². The van der Waals surface area contributed by atoms with Gasteiger partial charge in [0.15, 0.2) is 0 Å². The summed E-state index contributed by atoms with van der Waals surface area (Å²) in [5.74, 6) is -5.99. The first-order valence-electron chi connectivity index (χ1n) is 16.2. The molecular weight excluding hydrogens is 651 g/mol. The minimum Gasteiger partial charge on any atom is -0.480 e. The molecule has 8 N–H and O–H groups in total. The molecule has 49 heavy (non-hydrogen) atoms. The van der Waals surface area contributed by atoms with Gasteiger partial charge in [0.1, 0.15) is 6.04 Å². The molecule has 0 aromatic rings. The number of carboxylic acids is 3. The molecule has 0 aromatic heterocycles. The molecule has 0 saturated carbocycles. The monoisotopic (exact) mass is 700 g/mol. The Balaban J connectivity index is 1.85. The van der Waals surface area contributed by atoms with Gasteiger partial charge in [0.25, 0.3) is 0 Å². The zero-order valence-corrected chi connectivity index (χ0v) is 27.8. The lowest BCUT2D eigenvalue weighted by molar-refractivity contribution is -0.140. The summed E-state index contributed by atoms with van der Waals surface area (Å²) in [5.41, 5.74) is 0. The van der Waals surface area contributed by atoms with Crippen LogP contribution in [0.2, 0.25) is 0 Å². The molecule has 0 bridgehead atoms. The van der Waals surface area contributed by atoms with Crippen LogP contribution in [-0.2, 0) is 33.6 Å². The fourth-order valence-electron chi connectivity index (χ4n) is 5.61. The van der Waals surface area contributed by atoms with E-state index in [1.807, 2.05) is 0 Å². The summed E-state index contributed by atoms with van der Waals surface area (Å²) in [5, 5.41) is 54.4. The maximum atomic E-state index is 12.8. The van der Waals surface area contributed by atoms with E-state index < -0.39 is 67.2 Å². The average molecular weight is 701 g/mol. The SMILES string of the molecule is C[C@@H](NC(=O)CNC(=O)CCNC(=O)CN1CCN(CC(=O)O)CCN(CC(=O)O)CCN(CC(=O)O)CC1)C(=O)N1CCC[C@H]1B(O)O. The van der Waals surface area contributed by atoms with Gasteiger partial charge in [-0.2, -0.15) is 0 Å². The first-order valence-corrected chi connectivity index (χ1v) is 16.2. The van der Waals surface area contributed by atoms with Crippen molar-refractivity contribution in [3.8, 4) is 0 Å². The van der Waals surface area contributed by atoms with E-state index in [-0.39, 0.29) is 91.5 Å². The number of likely N-dealkylation sites (tertiary alicyclic amines) is 1. The topological polar surface area (TPSA) is 273 Å². The van der Waals surface area contributed by atoms with Crippen molar-refractivity contribution < 1.29 is 58.9 Å². The van der Waals surface area contributed by atoms with Crippen molar-refractivity contribution >= 4 is 48.7 Å². The standard InChI is InChI=1S/C28H49BN8O12/c1-20(28(47)37-6-2-3-21(37)29(48)49)32-23(39)15-31-22(38)4-5-30-24(40)16-33-7-9-34(17-25(41)42)11-13-36(19-27(45)46)14-12-35(10-8-33)18-26(43)44/h20-21,48-49H,2-19H2,1H3,(H,30,40)(H,31,38)(H,32,39)(H,41,42)(H,43,44)(H,45,46)/t20-,21+/m1/s1. The first kappa shape index (κ1) is 41.3. The van der Waals surface area contributed by atoms with Crippen molar-refractivity contribution in [1.82, 2.24) is 40.4 Å². The van der Waals surface area contributed by atoms with Crippen molar-refractivity contribution in [3.05, 3.63) is 0 Å². The Labute approximate surface area is 284 Å². The highest BCUT2D eigenvalue weighted by Crippen LogP contribution is 2.19. The normalized spacial score (nSPS) is 19.6. The Morgan fingerprint density at radius 2 is 1.10 bits per heavy atom. The lowest BCUT2D eigenvalue weighted by atomic mass is 9.78. The van der Waals surface area contributed by atoms with E-state index in [0.29, 0.717) is 19.4 Å². The molecule has 2 saturated heterocycles. The van der Waals surface area contributed by atoms with Gasteiger partial charge in [-0.25, -0.2) is 0 Å². The second kappa shape index (κ2) is 21.3. The van der Waals surface area contributed by atoms with Crippen molar-refractivity contribution in [3.63, 3.8) is 0 Å². The average Bonchev–Trinajstić information content (AvgIpc) is 3.51. The van der Waals surface area contributed by atoms with E-state index in [9.17, 15) is 58.9 Å². The third-order valence-electron chi connectivity index (χ3n) is 8.17. The van der Waals surface area contributed by atoms with Crippen LogP contribution in [0.1, 0.15) is 26.2 Å². The van der Waals surface area contributed by atoms with E-state index >= 15 is 0 Å².